The summed E-state index contributed by atoms with van der Waals surface area (Å²) >= 11 is 1.27. The number of aliphatic imine (C=N–C) groups is 1. The smallest absolute Gasteiger partial charge is 0.271 e. The van der Waals surface area contributed by atoms with Crippen molar-refractivity contribution in [3.63, 3.8) is 0 Å². The van der Waals surface area contributed by atoms with E-state index < -0.39 is 0 Å². The van der Waals surface area contributed by atoms with E-state index in [0.717, 1.165) is 35.6 Å². The average Bonchev–Trinajstić information content (AvgIpc) is 3.15. The topological polar surface area (TPSA) is 35.9 Å². The molecule has 5 rings (SSSR count). The molecule has 36 heavy (non-hydrogen) atoms. The minimum absolute atomic E-state index is 0.0379. The number of anilines is 2. The van der Waals surface area contributed by atoms with E-state index in [1.54, 1.807) is 17.0 Å². The summed E-state index contributed by atoms with van der Waals surface area (Å²) < 4.78 is 15.5. The first-order valence-corrected chi connectivity index (χ1v) is 13.1. The summed E-state index contributed by atoms with van der Waals surface area (Å²) in [7, 11) is 0. The zero-order valence-corrected chi connectivity index (χ0v) is 21.8. The summed E-state index contributed by atoms with van der Waals surface area (Å²) in [5.74, 6) is -0.237. The minimum Gasteiger partial charge on any atom is -0.366 e. The predicted octanol–water partition coefficient (Wildman–Crippen LogP) is 7.75. The molecule has 0 bridgehead atoms. The Balaban J connectivity index is 1.57. The van der Waals surface area contributed by atoms with Gasteiger partial charge in [0, 0.05) is 23.3 Å². The SMILES string of the molecule is CCN1c2cc(F)c(/C=C3/SC(=Nc4ccccc4)N(c4ccccc4)C3=O)cc2C(C)CC1(C)C. The van der Waals surface area contributed by atoms with Crippen molar-refractivity contribution in [2.24, 2.45) is 4.99 Å². The second kappa shape index (κ2) is 9.58. The van der Waals surface area contributed by atoms with Gasteiger partial charge in [-0.05, 0) is 92.9 Å². The Kier molecular flexibility index (Phi) is 6.47. The van der Waals surface area contributed by atoms with E-state index in [1.165, 1.54) is 11.8 Å². The van der Waals surface area contributed by atoms with Crippen LogP contribution in [0, 0.1) is 5.82 Å². The molecule has 2 aliphatic rings. The van der Waals surface area contributed by atoms with Gasteiger partial charge in [-0.15, -0.1) is 0 Å². The molecule has 6 heteroatoms. The van der Waals surface area contributed by atoms with Crippen LogP contribution in [-0.2, 0) is 4.79 Å². The first kappa shape index (κ1) is 24.3. The Labute approximate surface area is 216 Å². The largest absolute Gasteiger partial charge is 0.366 e. The molecule has 0 radical (unpaired) electrons. The summed E-state index contributed by atoms with van der Waals surface area (Å²) in [6.45, 7) is 9.54. The highest BCUT2D eigenvalue weighted by atomic mass is 32.2. The van der Waals surface area contributed by atoms with Crippen molar-refractivity contribution >= 4 is 46.0 Å². The summed E-state index contributed by atoms with van der Waals surface area (Å²) in [5, 5.41) is 0.550. The van der Waals surface area contributed by atoms with Crippen LogP contribution in [0.4, 0.5) is 21.5 Å². The molecule has 1 amide bonds. The maximum Gasteiger partial charge on any atom is 0.271 e. The van der Waals surface area contributed by atoms with E-state index in [1.807, 2.05) is 66.7 Å². The van der Waals surface area contributed by atoms with Crippen LogP contribution >= 0.6 is 11.8 Å². The first-order chi connectivity index (χ1) is 17.3. The highest BCUT2D eigenvalue weighted by Gasteiger charge is 2.37. The highest BCUT2D eigenvalue weighted by Crippen LogP contribution is 2.45. The molecule has 0 N–H and O–H groups in total. The van der Waals surface area contributed by atoms with Crippen LogP contribution in [0.5, 0.6) is 0 Å². The fraction of sp³-hybridized carbons (Fsp3) is 0.267. The normalized spacial score (nSPS) is 21.4. The molecule has 0 saturated carbocycles. The molecule has 2 aliphatic heterocycles. The van der Waals surface area contributed by atoms with Crippen molar-refractivity contribution < 1.29 is 9.18 Å². The third-order valence-electron chi connectivity index (χ3n) is 6.91. The van der Waals surface area contributed by atoms with E-state index in [0.29, 0.717) is 21.6 Å². The summed E-state index contributed by atoms with van der Waals surface area (Å²) in [6, 6.07) is 22.6. The lowest BCUT2D eigenvalue weighted by Gasteiger charge is -2.47. The number of carbonyl (C=O) groups is 1. The van der Waals surface area contributed by atoms with Crippen LogP contribution in [0.25, 0.3) is 6.08 Å². The number of thioether (sulfide) groups is 1. The number of fused-ring (bicyclic) bond motifs is 1. The quantitative estimate of drug-likeness (QED) is 0.344. The van der Waals surface area contributed by atoms with Gasteiger partial charge in [-0.1, -0.05) is 43.3 Å². The van der Waals surface area contributed by atoms with Crippen molar-refractivity contribution in [3.8, 4) is 0 Å². The van der Waals surface area contributed by atoms with Gasteiger partial charge in [-0.25, -0.2) is 9.38 Å². The van der Waals surface area contributed by atoms with Gasteiger partial charge in [0.15, 0.2) is 5.17 Å². The van der Waals surface area contributed by atoms with Gasteiger partial charge in [0.05, 0.1) is 16.3 Å². The molecule has 1 fully saturated rings. The number of halogens is 1. The molecule has 3 aromatic carbocycles. The van der Waals surface area contributed by atoms with Crippen LogP contribution in [0.1, 0.15) is 51.2 Å². The van der Waals surface area contributed by atoms with Crippen molar-refractivity contribution in [1.82, 2.24) is 0 Å². The molecule has 3 aromatic rings. The van der Waals surface area contributed by atoms with Crippen LogP contribution in [0.2, 0.25) is 0 Å². The van der Waals surface area contributed by atoms with Crippen LogP contribution in [0.3, 0.4) is 0 Å². The molecule has 1 atom stereocenters. The van der Waals surface area contributed by atoms with E-state index in [-0.39, 0.29) is 17.3 Å². The molecule has 1 unspecified atom stereocenters. The monoisotopic (exact) mass is 499 g/mol. The number of hydrogen-bond acceptors (Lipinski definition) is 4. The standard InChI is InChI=1S/C30H30FN3OS/c1-5-33-26-18-25(31)21(16-24(26)20(2)19-30(33,3)4)17-27-28(35)34(23-14-10-7-11-15-23)29(36-27)32-22-12-8-6-9-13-22/h6-18,20H,5,19H2,1-4H3/b27-17+,32-29?. The molecule has 0 aromatic heterocycles. The van der Waals surface area contributed by atoms with Crippen LogP contribution < -0.4 is 9.80 Å². The Morgan fingerprint density at radius 2 is 1.75 bits per heavy atom. The number of amides is 1. The Morgan fingerprint density at radius 1 is 1.08 bits per heavy atom. The fourth-order valence-corrected chi connectivity index (χ4v) is 6.33. The van der Waals surface area contributed by atoms with Crippen molar-refractivity contribution in [2.75, 3.05) is 16.3 Å². The minimum atomic E-state index is -0.322. The van der Waals surface area contributed by atoms with Gasteiger partial charge in [0.1, 0.15) is 5.82 Å². The lowest BCUT2D eigenvalue weighted by atomic mass is 9.79. The number of benzene rings is 3. The van der Waals surface area contributed by atoms with E-state index in [2.05, 4.69) is 32.6 Å². The van der Waals surface area contributed by atoms with Crippen molar-refractivity contribution in [2.45, 2.75) is 45.6 Å². The number of hydrogen-bond donors (Lipinski definition) is 0. The van der Waals surface area contributed by atoms with E-state index in [4.69, 9.17) is 4.99 Å². The van der Waals surface area contributed by atoms with Crippen molar-refractivity contribution in [3.05, 3.63) is 94.6 Å². The lowest BCUT2D eigenvalue weighted by Crippen LogP contribution is -2.48. The summed E-state index contributed by atoms with van der Waals surface area (Å²) in [5.41, 5.74) is 3.95. The van der Waals surface area contributed by atoms with E-state index >= 15 is 4.39 Å². The molecule has 2 heterocycles. The highest BCUT2D eigenvalue weighted by molar-refractivity contribution is 8.19. The van der Waals surface area contributed by atoms with Gasteiger partial charge < -0.3 is 4.90 Å². The number of amidine groups is 1. The Morgan fingerprint density at radius 3 is 2.42 bits per heavy atom. The number of para-hydroxylation sites is 2. The number of nitrogens with zero attached hydrogens (tertiary/aromatic N) is 3. The summed E-state index contributed by atoms with van der Waals surface area (Å²) in [4.78, 5) is 22.7. The Hall–Kier alpha value is -3.38. The molecular formula is C30H30FN3OS. The zero-order chi connectivity index (χ0) is 25.4. The molecular weight excluding hydrogens is 469 g/mol. The first-order valence-electron chi connectivity index (χ1n) is 12.3. The average molecular weight is 500 g/mol. The van der Waals surface area contributed by atoms with Gasteiger partial charge >= 0.3 is 0 Å². The van der Waals surface area contributed by atoms with Crippen LogP contribution in [-0.4, -0.2) is 23.2 Å². The number of rotatable bonds is 4. The molecule has 0 spiro atoms. The lowest BCUT2D eigenvalue weighted by molar-refractivity contribution is -0.113. The maximum atomic E-state index is 15.5. The molecule has 184 valence electrons. The summed E-state index contributed by atoms with van der Waals surface area (Å²) in [6.07, 6.45) is 2.66. The van der Waals surface area contributed by atoms with Gasteiger partial charge in [0.2, 0.25) is 0 Å². The van der Waals surface area contributed by atoms with Crippen molar-refractivity contribution in [1.29, 1.82) is 0 Å². The van der Waals surface area contributed by atoms with E-state index in [9.17, 15) is 4.79 Å². The second-order valence-electron chi connectivity index (χ2n) is 9.91. The molecule has 0 aliphatic carbocycles. The predicted molar refractivity (Wildman–Crippen MR) is 150 cm³/mol. The van der Waals surface area contributed by atoms with Gasteiger partial charge in [-0.3, -0.25) is 9.69 Å². The van der Waals surface area contributed by atoms with Crippen LogP contribution in [0.15, 0.2) is 82.7 Å². The Bertz CT molecular complexity index is 1350. The molecule has 4 nitrogen and oxygen atoms in total. The fourth-order valence-electron chi connectivity index (χ4n) is 5.34. The zero-order valence-electron chi connectivity index (χ0n) is 21.0. The van der Waals surface area contributed by atoms with Gasteiger partial charge in [0.25, 0.3) is 5.91 Å². The second-order valence-corrected chi connectivity index (χ2v) is 10.9. The third kappa shape index (κ3) is 4.46. The maximum absolute atomic E-state index is 15.5. The van der Waals surface area contributed by atoms with Gasteiger partial charge in [-0.2, -0.15) is 0 Å². The third-order valence-corrected chi connectivity index (χ3v) is 7.88. The number of carbonyl (C=O) groups excluding carboxylic acids is 1. The molecule has 1 saturated heterocycles.